The summed E-state index contributed by atoms with van der Waals surface area (Å²) in [7, 11) is 0. The van der Waals surface area contributed by atoms with Gasteiger partial charge in [-0.2, -0.15) is 0 Å². The van der Waals surface area contributed by atoms with Gasteiger partial charge in [0.05, 0.1) is 0 Å². The summed E-state index contributed by atoms with van der Waals surface area (Å²) in [4.78, 5) is 24.4. The molecule has 4 aliphatic rings. The summed E-state index contributed by atoms with van der Waals surface area (Å²) in [6.45, 7) is 0.976. The van der Waals surface area contributed by atoms with Gasteiger partial charge in [0.2, 0.25) is 5.91 Å². The molecule has 0 atom stereocenters. The van der Waals surface area contributed by atoms with Crippen molar-refractivity contribution in [2.24, 2.45) is 23.2 Å². The number of hydrogen-bond acceptors (Lipinski definition) is 2. The van der Waals surface area contributed by atoms with E-state index in [4.69, 9.17) is 0 Å². The summed E-state index contributed by atoms with van der Waals surface area (Å²) in [5.74, 6) is 2.71. The third kappa shape index (κ3) is 3.73. The van der Waals surface area contributed by atoms with Gasteiger partial charge in [0, 0.05) is 25.1 Å². The lowest BCUT2D eigenvalue weighted by Crippen LogP contribution is -2.48. The molecule has 1 aromatic rings. The van der Waals surface area contributed by atoms with Crippen LogP contribution >= 0.6 is 0 Å². The summed E-state index contributed by atoms with van der Waals surface area (Å²) in [6, 6.07) is 9.17. The Balaban J connectivity index is 1.20. The Hall–Kier alpha value is -1.84. The smallest absolute Gasteiger partial charge is 0.251 e. The first kappa shape index (κ1) is 16.6. The molecule has 5 rings (SSSR count). The van der Waals surface area contributed by atoms with Crippen LogP contribution in [-0.4, -0.2) is 24.9 Å². The Morgan fingerprint density at radius 1 is 0.880 bits per heavy atom. The van der Waals surface area contributed by atoms with E-state index in [1.165, 1.54) is 38.5 Å². The molecule has 0 spiro atoms. The van der Waals surface area contributed by atoms with Crippen LogP contribution in [0, 0.1) is 23.2 Å². The molecular formula is C21H28N2O2. The fourth-order valence-electron chi connectivity index (χ4n) is 5.98. The molecule has 4 nitrogen and oxygen atoms in total. The van der Waals surface area contributed by atoms with E-state index in [0.29, 0.717) is 25.1 Å². The predicted molar refractivity (Wildman–Crippen MR) is 97.0 cm³/mol. The largest absolute Gasteiger partial charge is 0.354 e. The van der Waals surface area contributed by atoms with Gasteiger partial charge >= 0.3 is 0 Å². The topological polar surface area (TPSA) is 58.2 Å². The highest BCUT2D eigenvalue weighted by Gasteiger charge is 2.51. The summed E-state index contributed by atoms with van der Waals surface area (Å²) >= 11 is 0. The van der Waals surface area contributed by atoms with Crippen LogP contribution in [-0.2, 0) is 4.79 Å². The van der Waals surface area contributed by atoms with Crippen molar-refractivity contribution in [2.75, 3.05) is 13.1 Å². The first-order chi connectivity index (χ1) is 12.1. The van der Waals surface area contributed by atoms with Crippen molar-refractivity contribution in [3.05, 3.63) is 35.9 Å². The summed E-state index contributed by atoms with van der Waals surface area (Å²) in [5, 5.41) is 5.87. The number of carbonyl (C=O) groups is 2. The molecule has 4 bridgehead atoms. The number of rotatable bonds is 6. The summed E-state index contributed by atoms with van der Waals surface area (Å²) in [5.41, 5.74) is 0.939. The van der Waals surface area contributed by atoms with Crippen LogP contribution in [0.4, 0.5) is 0 Å². The Kier molecular flexibility index (Phi) is 4.53. The van der Waals surface area contributed by atoms with E-state index in [1.54, 1.807) is 12.1 Å². The van der Waals surface area contributed by atoms with Gasteiger partial charge in [0.15, 0.2) is 0 Å². The lowest BCUT2D eigenvalue weighted by Gasteiger charge is -2.56. The maximum absolute atomic E-state index is 12.4. The van der Waals surface area contributed by atoms with E-state index in [-0.39, 0.29) is 17.2 Å². The molecule has 0 aliphatic heterocycles. The molecule has 1 aromatic carbocycles. The number of benzene rings is 1. The number of hydrogen-bond donors (Lipinski definition) is 2. The first-order valence-electron chi connectivity index (χ1n) is 9.72. The van der Waals surface area contributed by atoms with Crippen molar-refractivity contribution in [1.29, 1.82) is 0 Å². The highest BCUT2D eigenvalue weighted by molar-refractivity contribution is 5.94. The van der Waals surface area contributed by atoms with Crippen LogP contribution in [0.5, 0.6) is 0 Å². The zero-order chi connectivity index (χ0) is 17.3. The van der Waals surface area contributed by atoms with Crippen molar-refractivity contribution in [1.82, 2.24) is 10.6 Å². The van der Waals surface area contributed by atoms with E-state index in [9.17, 15) is 9.59 Å². The zero-order valence-corrected chi connectivity index (χ0v) is 14.8. The normalized spacial score (nSPS) is 32.4. The summed E-state index contributed by atoms with van der Waals surface area (Å²) in [6.07, 6.45) is 8.69. The second-order valence-electron chi connectivity index (χ2n) is 8.57. The van der Waals surface area contributed by atoms with Crippen LogP contribution < -0.4 is 10.6 Å². The van der Waals surface area contributed by atoms with Crippen LogP contribution in [0.25, 0.3) is 0 Å². The molecule has 4 fully saturated rings. The molecular weight excluding hydrogens is 312 g/mol. The molecule has 4 heteroatoms. The fourth-order valence-corrected chi connectivity index (χ4v) is 5.98. The number of amides is 2. The number of nitrogens with one attached hydrogen (secondary N) is 2. The molecule has 2 N–H and O–H groups in total. The third-order valence-electron chi connectivity index (χ3n) is 6.47. The lowest BCUT2D eigenvalue weighted by molar-refractivity contribution is -0.129. The van der Waals surface area contributed by atoms with Crippen molar-refractivity contribution < 1.29 is 9.59 Å². The second kappa shape index (κ2) is 6.81. The molecule has 4 aliphatic carbocycles. The third-order valence-corrected chi connectivity index (χ3v) is 6.47. The Morgan fingerprint density at radius 2 is 1.44 bits per heavy atom. The van der Waals surface area contributed by atoms with Crippen LogP contribution in [0.2, 0.25) is 0 Å². The van der Waals surface area contributed by atoms with Crippen molar-refractivity contribution in [2.45, 2.75) is 44.9 Å². The van der Waals surface area contributed by atoms with E-state index in [2.05, 4.69) is 10.6 Å². The maximum Gasteiger partial charge on any atom is 0.251 e. The molecule has 25 heavy (non-hydrogen) atoms. The molecule has 0 unspecified atom stereocenters. The maximum atomic E-state index is 12.4. The van der Waals surface area contributed by atoms with E-state index < -0.39 is 0 Å². The van der Waals surface area contributed by atoms with Gasteiger partial charge in [-0.25, -0.2) is 0 Å². The van der Waals surface area contributed by atoms with Crippen molar-refractivity contribution in [3.8, 4) is 0 Å². The fraction of sp³-hybridized carbons (Fsp3) is 0.619. The van der Waals surface area contributed by atoms with E-state index in [0.717, 1.165) is 17.8 Å². The monoisotopic (exact) mass is 340 g/mol. The minimum absolute atomic E-state index is 0.0871. The quantitative estimate of drug-likeness (QED) is 0.782. The Labute approximate surface area is 149 Å². The van der Waals surface area contributed by atoms with Crippen LogP contribution in [0.1, 0.15) is 55.3 Å². The Morgan fingerprint density at radius 3 is 2.04 bits per heavy atom. The van der Waals surface area contributed by atoms with Gasteiger partial charge in [-0.3, -0.25) is 9.59 Å². The standard InChI is InChI=1S/C21H28N2O2/c24-19(22-6-7-23-20(25)18-4-2-1-3-5-18)14-21-11-15-8-16(12-21)10-17(9-15)13-21/h1-5,15-17H,6-14H2,(H,22,24)(H,23,25). The molecule has 4 saturated carbocycles. The average Bonchev–Trinajstić information content (AvgIpc) is 2.57. The predicted octanol–water partition coefficient (Wildman–Crippen LogP) is 3.14. The van der Waals surface area contributed by atoms with Crippen LogP contribution in [0.15, 0.2) is 30.3 Å². The minimum Gasteiger partial charge on any atom is -0.354 e. The first-order valence-corrected chi connectivity index (χ1v) is 9.72. The van der Waals surface area contributed by atoms with E-state index in [1.807, 2.05) is 18.2 Å². The molecule has 0 heterocycles. The highest BCUT2D eigenvalue weighted by Crippen LogP contribution is 2.61. The molecule has 0 saturated heterocycles. The van der Waals surface area contributed by atoms with E-state index >= 15 is 0 Å². The minimum atomic E-state index is -0.0871. The van der Waals surface area contributed by atoms with Gasteiger partial charge in [0.25, 0.3) is 5.91 Å². The van der Waals surface area contributed by atoms with Crippen molar-refractivity contribution >= 4 is 11.8 Å². The van der Waals surface area contributed by atoms with Gasteiger partial charge < -0.3 is 10.6 Å². The molecule has 134 valence electrons. The lowest BCUT2D eigenvalue weighted by atomic mass is 9.49. The highest BCUT2D eigenvalue weighted by atomic mass is 16.2. The van der Waals surface area contributed by atoms with Crippen LogP contribution in [0.3, 0.4) is 0 Å². The van der Waals surface area contributed by atoms with Gasteiger partial charge in [0.1, 0.15) is 0 Å². The van der Waals surface area contributed by atoms with Gasteiger partial charge in [-0.05, 0) is 73.8 Å². The van der Waals surface area contributed by atoms with Gasteiger partial charge in [-0.1, -0.05) is 18.2 Å². The number of carbonyl (C=O) groups excluding carboxylic acids is 2. The van der Waals surface area contributed by atoms with Crippen molar-refractivity contribution in [3.63, 3.8) is 0 Å². The molecule has 0 radical (unpaired) electrons. The Bertz CT molecular complexity index is 605. The zero-order valence-electron chi connectivity index (χ0n) is 14.8. The average molecular weight is 340 g/mol. The molecule has 0 aromatic heterocycles. The second-order valence-corrected chi connectivity index (χ2v) is 8.57. The summed E-state index contributed by atoms with van der Waals surface area (Å²) < 4.78 is 0. The van der Waals surface area contributed by atoms with Gasteiger partial charge in [-0.15, -0.1) is 0 Å². The molecule has 2 amide bonds. The SMILES string of the molecule is O=C(CC12CC3CC(CC(C3)C1)C2)NCCNC(=O)c1ccccc1.